The number of halogens is 2. The highest BCUT2D eigenvalue weighted by atomic mass is 35.5. The van der Waals surface area contributed by atoms with Crippen LogP contribution in [0.2, 0.25) is 10.0 Å². The van der Waals surface area contributed by atoms with Crippen LogP contribution in [0.1, 0.15) is 11.6 Å². The first kappa shape index (κ1) is 15.4. The smallest absolute Gasteiger partial charge is 0.251 e. The third-order valence-electron chi connectivity index (χ3n) is 2.79. The van der Waals surface area contributed by atoms with Gasteiger partial charge in [0.25, 0.3) is 5.91 Å². The molecule has 108 valence electrons. The SMILES string of the molecule is O=CNC(C(=O)Nc1cccc(Cl)c1)c1ccc(Cl)cc1. The molecule has 2 N–H and O–H groups in total. The van der Waals surface area contributed by atoms with Crippen molar-refractivity contribution in [1.29, 1.82) is 0 Å². The average Bonchev–Trinajstić information content (AvgIpc) is 2.46. The van der Waals surface area contributed by atoms with Crippen molar-refractivity contribution in [3.63, 3.8) is 0 Å². The molecule has 21 heavy (non-hydrogen) atoms. The van der Waals surface area contributed by atoms with Gasteiger partial charge in [-0.1, -0.05) is 41.4 Å². The maximum absolute atomic E-state index is 12.3. The van der Waals surface area contributed by atoms with E-state index in [-0.39, 0.29) is 5.91 Å². The van der Waals surface area contributed by atoms with Gasteiger partial charge in [0.05, 0.1) is 0 Å². The average molecular weight is 323 g/mol. The van der Waals surface area contributed by atoms with Crippen LogP contribution in [0.3, 0.4) is 0 Å². The second-order valence-corrected chi connectivity index (χ2v) is 5.14. The van der Waals surface area contributed by atoms with E-state index in [1.807, 2.05) is 0 Å². The highest BCUT2D eigenvalue weighted by molar-refractivity contribution is 6.31. The number of benzene rings is 2. The molecule has 2 aromatic carbocycles. The number of hydrogen-bond donors (Lipinski definition) is 2. The van der Waals surface area contributed by atoms with E-state index in [4.69, 9.17) is 23.2 Å². The summed E-state index contributed by atoms with van der Waals surface area (Å²) in [5.74, 6) is -0.369. The predicted molar refractivity (Wildman–Crippen MR) is 83.5 cm³/mol. The number of rotatable bonds is 5. The van der Waals surface area contributed by atoms with Gasteiger partial charge in [0.2, 0.25) is 6.41 Å². The Hall–Kier alpha value is -2.04. The Bertz CT molecular complexity index is 644. The third-order valence-corrected chi connectivity index (χ3v) is 3.28. The molecular weight excluding hydrogens is 311 g/mol. The lowest BCUT2D eigenvalue weighted by Gasteiger charge is -2.16. The number of amides is 2. The first-order valence-electron chi connectivity index (χ1n) is 6.12. The Kier molecular flexibility index (Phi) is 5.20. The second kappa shape index (κ2) is 7.11. The normalized spacial score (nSPS) is 11.5. The van der Waals surface area contributed by atoms with E-state index >= 15 is 0 Å². The van der Waals surface area contributed by atoms with Gasteiger partial charge in [-0.3, -0.25) is 9.59 Å². The summed E-state index contributed by atoms with van der Waals surface area (Å²) in [4.78, 5) is 23.0. The zero-order valence-electron chi connectivity index (χ0n) is 10.8. The lowest BCUT2D eigenvalue weighted by atomic mass is 10.1. The van der Waals surface area contributed by atoms with Gasteiger partial charge in [0, 0.05) is 15.7 Å². The van der Waals surface area contributed by atoms with Crippen molar-refractivity contribution < 1.29 is 9.59 Å². The molecule has 0 aromatic heterocycles. The van der Waals surface area contributed by atoms with Crippen molar-refractivity contribution >= 4 is 41.2 Å². The van der Waals surface area contributed by atoms with Crippen LogP contribution in [0, 0.1) is 0 Å². The van der Waals surface area contributed by atoms with Crippen LogP contribution in [0.15, 0.2) is 48.5 Å². The van der Waals surface area contributed by atoms with Crippen molar-refractivity contribution in [3.8, 4) is 0 Å². The zero-order valence-corrected chi connectivity index (χ0v) is 12.4. The van der Waals surface area contributed by atoms with Crippen molar-refractivity contribution in [2.75, 3.05) is 5.32 Å². The van der Waals surface area contributed by atoms with Crippen molar-refractivity contribution in [1.82, 2.24) is 5.32 Å². The summed E-state index contributed by atoms with van der Waals surface area (Å²) in [6, 6.07) is 12.6. The molecule has 0 aliphatic carbocycles. The number of carbonyl (C=O) groups excluding carboxylic acids is 2. The van der Waals surface area contributed by atoms with Gasteiger partial charge in [-0.25, -0.2) is 0 Å². The fraction of sp³-hybridized carbons (Fsp3) is 0.0667. The van der Waals surface area contributed by atoms with Gasteiger partial charge in [0.15, 0.2) is 0 Å². The van der Waals surface area contributed by atoms with Crippen LogP contribution in [-0.2, 0) is 9.59 Å². The van der Waals surface area contributed by atoms with Crippen LogP contribution in [0.5, 0.6) is 0 Å². The van der Waals surface area contributed by atoms with Gasteiger partial charge >= 0.3 is 0 Å². The molecule has 0 bridgehead atoms. The van der Waals surface area contributed by atoms with Crippen LogP contribution in [0.4, 0.5) is 5.69 Å². The molecule has 6 heteroatoms. The third kappa shape index (κ3) is 4.21. The summed E-state index contributed by atoms with van der Waals surface area (Å²) in [7, 11) is 0. The zero-order chi connectivity index (χ0) is 15.2. The molecule has 0 heterocycles. The van der Waals surface area contributed by atoms with E-state index in [2.05, 4.69) is 10.6 Å². The Labute approximate surface area is 132 Å². The van der Waals surface area contributed by atoms with Gasteiger partial charge < -0.3 is 10.6 Å². The molecule has 0 saturated carbocycles. The van der Waals surface area contributed by atoms with Crippen LogP contribution >= 0.6 is 23.2 Å². The van der Waals surface area contributed by atoms with Gasteiger partial charge in [-0.15, -0.1) is 0 Å². The summed E-state index contributed by atoms with van der Waals surface area (Å²) in [6.45, 7) is 0. The minimum absolute atomic E-state index is 0.369. The van der Waals surface area contributed by atoms with E-state index < -0.39 is 6.04 Å². The summed E-state index contributed by atoms with van der Waals surface area (Å²) >= 11 is 11.7. The lowest BCUT2D eigenvalue weighted by Crippen LogP contribution is -2.32. The molecule has 1 atom stereocenters. The van der Waals surface area contributed by atoms with Gasteiger partial charge in [-0.2, -0.15) is 0 Å². The summed E-state index contributed by atoms with van der Waals surface area (Å²) in [6.07, 6.45) is 0.483. The monoisotopic (exact) mass is 322 g/mol. The minimum atomic E-state index is -0.807. The summed E-state index contributed by atoms with van der Waals surface area (Å²) in [5, 5.41) is 6.25. The second-order valence-electron chi connectivity index (χ2n) is 4.27. The maximum atomic E-state index is 12.3. The predicted octanol–water partition coefficient (Wildman–Crippen LogP) is 3.42. The molecule has 0 aliphatic rings. The Balaban J connectivity index is 2.19. The largest absolute Gasteiger partial charge is 0.343 e. The fourth-order valence-corrected chi connectivity index (χ4v) is 2.14. The van der Waals surface area contributed by atoms with Crippen LogP contribution in [-0.4, -0.2) is 12.3 Å². The fourth-order valence-electron chi connectivity index (χ4n) is 1.83. The molecule has 2 aromatic rings. The Morgan fingerprint density at radius 1 is 1.05 bits per heavy atom. The van der Waals surface area contributed by atoms with Crippen LogP contribution in [0.25, 0.3) is 0 Å². The molecule has 0 saturated heterocycles. The molecule has 0 radical (unpaired) electrons. The number of hydrogen-bond acceptors (Lipinski definition) is 2. The van der Waals surface area contributed by atoms with E-state index in [1.165, 1.54) is 0 Å². The lowest BCUT2D eigenvalue weighted by molar-refractivity contribution is -0.121. The van der Waals surface area contributed by atoms with E-state index in [0.29, 0.717) is 27.7 Å². The Morgan fingerprint density at radius 2 is 1.76 bits per heavy atom. The highest BCUT2D eigenvalue weighted by Crippen LogP contribution is 2.20. The van der Waals surface area contributed by atoms with Crippen molar-refractivity contribution in [2.45, 2.75) is 6.04 Å². The highest BCUT2D eigenvalue weighted by Gasteiger charge is 2.20. The molecule has 2 rings (SSSR count). The summed E-state index contributed by atoms with van der Waals surface area (Å²) in [5.41, 5.74) is 1.19. The summed E-state index contributed by atoms with van der Waals surface area (Å²) < 4.78 is 0. The number of nitrogens with one attached hydrogen (secondary N) is 2. The molecule has 0 spiro atoms. The van der Waals surface area contributed by atoms with Crippen molar-refractivity contribution in [2.24, 2.45) is 0 Å². The quantitative estimate of drug-likeness (QED) is 0.829. The Morgan fingerprint density at radius 3 is 2.38 bits per heavy atom. The standard InChI is InChI=1S/C15H12Cl2N2O2/c16-11-6-4-10(5-7-11)14(18-9-20)15(21)19-13-3-1-2-12(17)8-13/h1-9,14H,(H,18,20)(H,19,21). The molecule has 1 unspecified atom stereocenters. The molecule has 4 nitrogen and oxygen atoms in total. The minimum Gasteiger partial charge on any atom is -0.343 e. The maximum Gasteiger partial charge on any atom is 0.251 e. The van der Waals surface area contributed by atoms with E-state index in [0.717, 1.165) is 0 Å². The van der Waals surface area contributed by atoms with Crippen molar-refractivity contribution in [3.05, 3.63) is 64.1 Å². The van der Waals surface area contributed by atoms with E-state index in [1.54, 1.807) is 48.5 Å². The van der Waals surface area contributed by atoms with Gasteiger partial charge in [0.1, 0.15) is 6.04 Å². The molecule has 0 aliphatic heterocycles. The topological polar surface area (TPSA) is 58.2 Å². The first-order valence-corrected chi connectivity index (χ1v) is 6.87. The first-order chi connectivity index (χ1) is 10.1. The molecule has 0 fully saturated rings. The number of carbonyl (C=O) groups is 2. The van der Waals surface area contributed by atoms with Gasteiger partial charge in [-0.05, 0) is 35.9 Å². The molecule has 2 amide bonds. The van der Waals surface area contributed by atoms with Crippen LogP contribution < -0.4 is 10.6 Å². The number of anilines is 1. The van der Waals surface area contributed by atoms with E-state index in [9.17, 15) is 9.59 Å². The molecular formula is C15H12Cl2N2O2.